The van der Waals surface area contributed by atoms with Gasteiger partial charge in [-0.3, -0.25) is 0 Å². The summed E-state index contributed by atoms with van der Waals surface area (Å²) in [6.07, 6.45) is 3.09. The molecule has 0 bridgehead atoms. The van der Waals surface area contributed by atoms with E-state index in [9.17, 15) is 0 Å². The van der Waals surface area contributed by atoms with Crippen LogP contribution in [0.2, 0.25) is 0 Å². The monoisotopic (exact) mass is 243 g/mol. The number of H-pyrrole nitrogens is 1. The summed E-state index contributed by atoms with van der Waals surface area (Å²) in [5.41, 5.74) is 2.61. The number of furan rings is 1. The molecule has 92 valence electrons. The Morgan fingerprint density at radius 2 is 2.17 bits per heavy atom. The van der Waals surface area contributed by atoms with Gasteiger partial charge >= 0.3 is 0 Å². The predicted octanol–water partition coefficient (Wildman–Crippen LogP) is 2.17. The highest BCUT2D eigenvalue weighted by Gasteiger charge is 2.07. The summed E-state index contributed by atoms with van der Waals surface area (Å²) < 4.78 is 5.60. The minimum atomic E-state index is 0.583. The molecule has 0 fully saturated rings. The molecular formula is C12H13N5O. The summed E-state index contributed by atoms with van der Waals surface area (Å²) in [4.78, 5) is 15.3. The lowest BCUT2D eigenvalue weighted by atomic mass is 10.3. The molecule has 3 rings (SSSR count). The second-order valence-electron chi connectivity index (χ2n) is 4.13. The maximum Gasteiger partial charge on any atom is 0.182 e. The van der Waals surface area contributed by atoms with Gasteiger partial charge in [0, 0.05) is 0 Å². The Balaban J connectivity index is 1.82. The lowest BCUT2D eigenvalue weighted by Gasteiger charge is -2.03. The largest absolute Gasteiger partial charge is 0.464 e. The van der Waals surface area contributed by atoms with Gasteiger partial charge in [0.2, 0.25) is 0 Å². The molecule has 0 aliphatic carbocycles. The van der Waals surface area contributed by atoms with Crippen LogP contribution in [-0.2, 0) is 6.54 Å². The first-order valence-corrected chi connectivity index (χ1v) is 5.68. The molecular weight excluding hydrogens is 230 g/mol. The average Bonchev–Trinajstić information content (AvgIpc) is 2.94. The van der Waals surface area contributed by atoms with Gasteiger partial charge in [-0.15, -0.1) is 0 Å². The quantitative estimate of drug-likeness (QED) is 0.737. The van der Waals surface area contributed by atoms with E-state index in [0.717, 1.165) is 28.4 Å². The fourth-order valence-electron chi connectivity index (χ4n) is 1.81. The van der Waals surface area contributed by atoms with Crippen LogP contribution in [0.4, 0.5) is 5.82 Å². The summed E-state index contributed by atoms with van der Waals surface area (Å²) in [5.74, 6) is 2.56. The zero-order chi connectivity index (χ0) is 12.5. The topological polar surface area (TPSA) is 79.6 Å². The Morgan fingerprint density at radius 1 is 1.28 bits per heavy atom. The number of aryl methyl sites for hydroxylation is 2. The summed E-state index contributed by atoms with van der Waals surface area (Å²) >= 11 is 0. The standard InChI is InChI=1S/C12H13N5O/c1-7-3-9(18-8(7)2)4-13-11-10-12(15-5-14-10)17-6-16-11/h3,5-6H,4H2,1-2H3,(H2,13,14,15,16,17). The Labute approximate surface area is 103 Å². The van der Waals surface area contributed by atoms with E-state index in [2.05, 4.69) is 25.3 Å². The van der Waals surface area contributed by atoms with Crippen molar-refractivity contribution in [1.29, 1.82) is 0 Å². The van der Waals surface area contributed by atoms with Gasteiger partial charge in [0.05, 0.1) is 12.9 Å². The molecule has 0 unspecified atom stereocenters. The number of imidazole rings is 1. The molecule has 0 amide bonds. The number of hydrogen-bond acceptors (Lipinski definition) is 5. The van der Waals surface area contributed by atoms with Gasteiger partial charge in [0.25, 0.3) is 0 Å². The summed E-state index contributed by atoms with van der Waals surface area (Å²) in [7, 11) is 0. The number of nitrogens with one attached hydrogen (secondary N) is 2. The number of anilines is 1. The maximum absolute atomic E-state index is 5.60. The van der Waals surface area contributed by atoms with E-state index >= 15 is 0 Å². The Morgan fingerprint density at radius 3 is 2.94 bits per heavy atom. The molecule has 2 N–H and O–H groups in total. The van der Waals surface area contributed by atoms with E-state index in [1.807, 2.05) is 19.9 Å². The SMILES string of the molecule is Cc1cc(CNc2ncnc3nc[nH]c23)oc1C. The Kier molecular flexibility index (Phi) is 2.47. The first kappa shape index (κ1) is 10.8. The van der Waals surface area contributed by atoms with Crippen LogP contribution in [0.15, 0.2) is 23.1 Å². The molecule has 0 saturated heterocycles. The van der Waals surface area contributed by atoms with Crippen molar-refractivity contribution in [2.45, 2.75) is 20.4 Å². The van der Waals surface area contributed by atoms with Crippen LogP contribution in [0, 0.1) is 13.8 Å². The van der Waals surface area contributed by atoms with E-state index < -0.39 is 0 Å². The van der Waals surface area contributed by atoms with Crippen LogP contribution in [0.5, 0.6) is 0 Å². The third-order valence-electron chi connectivity index (χ3n) is 2.87. The van der Waals surface area contributed by atoms with Gasteiger partial charge in [0.15, 0.2) is 11.5 Å². The number of hydrogen-bond donors (Lipinski definition) is 2. The number of nitrogens with zero attached hydrogens (tertiary/aromatic N) is 3. The third-order valence-corrected chi connectivity index (χ3v) is 2.87. The van der Waals surface area contributed by atoms with Crippen molar-refractivity contribution in [3.8, 4) is 0 Å². The molecule has 3 aromatic rings. The van der Waals surface area contributed by atoms with Gasteiger partial charge in [0.1, 0.15) is 23.4 Å². The van der Waals surface area contributed by atoms with Crippen LogP contribution in [0.25, 0.3) is 11.2 Å². The molecule has 6 heteroatoms. The van der Waals surface area contributed by atoms with Crippen molar-refractivity contribution in [2.75, 3.05) is 5.32 Å². The highest BCUT2D eigenvalue weighted by atomic mass is 16.3. The molecule has 18 heavy (non-hydrogen) atoms. The zero-order valence-corrected chi connectivity index (χ0v) is 10.2. The van der Waals surface area contributed by atoms with Gasteiger partial charge < -0.3 is 14.7 Å². The van der Waals surface area contributed by atoms with Crippen LogP contribution in [-0.4, -0.2) is 19.9 Å². The molecule has 0 aliphatic heterocycles. The first-order chi connectivity index (χ1) is 8.74. The second-order valence-corrected chi connectivity index (χ2v) is 4.13. The minimum Gasteiger partial charge on any atom is -0.464 e. The maximum atomic E-state index is 5.60. The molecule has 6 nitrogen and oxygen atoms in total. The van der Waals surface area contributed by atoms with Crippen molar-refractivity contribution < 1.29 is 4.42 Å². The smallest absolute Gasteiger partial charge is 0.182 e. The van der Waals surface area contributed by atoms with Gasteiger partial charge in [-0.05, 0) is 25.5 Å². The van der Waals surface area contributed by atoms with Gasteiger partial charge in [-0.1, -0.05) is 0 Å². The molecule has 3 aromatic heterocycles. The van der Waals surface area contributed by atoms with Crippen molar-refractivity contribution in [3.05, 3.63) is 35.8 Å². The number of aromatic amines is 1. The molecule has 0 radical (unpaired) electrons. The highest BCUT2D eigenvalue weighted by molar-refractivity contribution is 5.81. The molecule has 0 aliphatic rings. The van der Waals surface area contributed by atoms with Crippen LogP contribution >= 0.6 is 0 Å². The van der Waals surface area contributed by atoms with Crippen molar-refractivity contribution >= 4 is 17.0 Å². The van der Waals surface area contributed by atoms with Crippen LogP contribution in [0.1, 0.15) is 17.1 Å². The third kappa shape index (κ3) is 1.81. The zero-order valence-electron chi connectivity index (χ0n) is 10.2. The molecule has 0 aromatic carbocycles. The lowest BCUT2D eigenvalue weighted by molar-refractivity contribution is 0.488. The summed E-state index contributed by atoms with van der Waals surface area (Å²) in [6, 6.07) is 2.02. The van der Waals surface area contributed by atoms with Gasteiger partial charge in [-0.25, -0.2) is 15.0 Å². The molecule has 0 spiro atoms. The predicted molar refractivity (Wildman–Crippen MR) is 67.2 cm³/mol. The normalized spacial score (nSPS) is 11.0. The first-order valence-electron chi connectivity index (χ1n) is 5.68. The lowest BCUT2D eigenvalue weighted by Crippen LogP contribution is -2.01. The van der Waals surface area contributed by atoms with Crippen molar-refractivity contribution in [1.82, 2.24) is 19.9 Å². The summed E-state index contributed by atoms with van der Waals surface area (Å²) in [5, 5.41) is 3.21. The van der Waals surface area contributed by atoms with E-state index in [-0.39, 0.29) is 0 Å². The van der Waals surface area contributed by atoms with Crippen molar-refractivity contribution in [3.63, 3.8) is 0 Å². The summed E-state index contributed by atoms with van der Waals surface area (Å²) in [6.45, 7) is 4.57. The fourth-order valence-corrected chi connectivity index (χ4v) is 1.81. The highest BCUT2D eigenvalue weighted by Crippen LogP contribution is 2.17. The van der Waals surface area contributed by atoms with Gasteiger partial charge in [-0.2, -0.15) is 0 Å². The Hall–Kier alpha value is -2.37. The van der Waals surface area contributed by atoms with Crippen LogP contribution in [0.3, 0.4) is 0 Å². The number of fused-ring (bicyclic) bond motifs is 1. The Bertz CT molecular complexity index is 665. The van der Waals surface area contributed by atoms with E-state index in [1.54, 1.807) is 6.33 Å². The molecule has 0 saturated carbocycles. The second kappa shape index (κ2) is 4.14. The van der Waals surface area contributed by atoms with E-state index in [1.165, 1.54) is 6.33 Å². The van der Waals surface area contributed by atoms with Crippen LogP contribution < -0.4 is 5.32 Å². The number of aromatic nitrogens is 4. The van der Waals surface area contributed by atoms with E-state index in [4.69, 9.17) is 4.42 Å². The molecule has 0 atom stereocenters. The number of rotatable bonds is 3. The fraction of sp³-hybridized carbons (Fsp3) is 0.250. The molecule has 3 heterocycles. The van der Waals surface area contributed by atoms with E-state index in [0.29, 0.717) is 12.2 Å². The average molecular weight is 243 g/mol. The minimum absolute atomic E-state index is 0.583. The van der Waals surface area contributed by atoms with Crippen molar-refractivity contribution in [2.24, 2.45) is 0 Å².